The van der Waals surface area contributed by atoms with Crippen LogP contribution in [0, 0.1) is 5.92 Å². The van der Waals surface area contributed by atoms with Gasteiger partial charge in [0, 0.05) is 0 Å². The molecule has 0 aliphatic heterocycles. The first kappa shape index (κ1) is 13.1. The van der Waals surface area contributed by atoms with Gasteiger partial charge in [0.25, 0.3) is 0 Å². The molecular formula is C8H19O4P. The zero-order valence-corrected chi connectivity index (χ0v) is 9.54. The Balaban J connectivity index is 4.69. The van der Waals surface area contributed by atoms with Gasteiger partial charge in [-0.15, -0.1) is 0 Å². The summed E-state index contributed by atoms with van der Waals surface area (Å²) >= 11 is 0. The van der Waals surface area contributed by atoms with Gasteiger partial charge in [0.2, 0.25) is 0 Å². The Hall–Kier alpha value is 0.110. The van der Waals surface area contributed by atoms with Crippen LogP contribution in [0.1, 0.15) is 40.5 Å². The maximum atomic E-state index is 10.7. The summed E-state index contributed by atoms with van der Waals surface area (Å²) in [6.45, 7) is 7.56. The summed E-state index contributed by atoms with van der Waals surface area (Å²) in [6.07, 6.45) is 1.21. The largest absolute Gasteiger partial charge is 0.470 e. The minimum atomic E-state index is -4.37. The Bertz CT molecular complexity index is 192. The predicted octanol–water partition coefficient (Wildman–Crippen LogP) is 2.31. The molecule has 0 bridgehead atoms. The van der Waals surface area contributed by atoms with E-state index in [1.165, 1.54) is 0 Å². The van der Waals surface area contributed by atoms with Crippen molar-refractivity contribution in [2.45, 2.75) is 46.1 Å². The standard InChI is InChI=1S/C8H19O4P/c1-5-8(6-2,7(3)4)12-13(9,10)11/h7H,5-6H2,1-4H3,(H2,9,10,11). The number of hydrogen-bond acceptors (Lipinski definition) is 2. The summed E-state index contributed by atoms with van der Waals surface area (Å²) in [5, 5.41) is 0. The Morgan fingerprint density at radius 2 is 1.69 bits per heavy atom. The summed E-state index contributed by atoms with van der Waals surface area (Å²) in [5.74, 6) is 0.0927. The molecule has 4 nitrogen and oxygen atoms in total. The molecule has 0 radical (unpaired) electrons. The first-order valence-corrected chi connectivity index (χ1v) is 6.06. The molecule has 13 heavy (non-hydrogen) atoms. The van der Waals surface area contributed by atoms with Crippen molar-refractivity contribution < 1.29 is 18.9 Å². The molecule has 0 unspecified atom stereocenters. The molecule has 0 saturated heterocycles. The van der Waals surface area contributed by atoms with Crippen LogP contribution in [-0.4, -0.2) is 15.4 Å². The summed E-state index contributed by atoms with van der Waals surface area (Å²) < 4.78 is 15.6. The van der Waals surface area contributed by atoms with Gasteiger partial charge in [-0.25, -0.2) is 4.57 Å². The van der Waals surface area contributed by atoms with Gasteiger partial charge in [-0.2, -0.15) is 0 Å². The third-order valence-electron chi connectivity index (χ3n) is 2.55. The van der Waals surface area contributed by atoms with E-state index >= 15 is 0 Å². The second-order valence-electron chi connectivity index (χ2n) is 3.51. The lowest BCUT2D eigenvalue weighted by atomic mass is 9.85. The lowest BCUT2D eigenvalue weighted by molar-refractivity contribution is -0.0115. The monoisotopic (exact) mass is 210 g/mol. The third-order valence-corrected chi connectivity index (χ3v) is 3.15. The Kier molecular flexibility index (Phi) is 4.60. The second kappa shape index (κ2) is 4.56. The van der Waals surface area contributed by atoms with Crippen LogP contribution >= 0.6 is 7.82 Å². The zero-order valence-electron chi connectivity index (χ0n) is 8.65. The molecule has 0 rings (SSSR count). The van der Waals surface area contributed by atoms with Crippen LogP contribution in [0.4, 0.5) is 0 Å². The minimum Gasteiger partial charge on any atom is -0.303 e. The molecule has 0 heterocycles. The maximum Gasteiger partial charge on any atom is 0.470 e. The molecule has 0 aliphatic carbocycles. The van der Waals surface area contributed by atoms with Crippen LogP contribution in [0.3, 0.4) is 0 Å². The second-order valence-corrected chi connectivity index (χ2v) is 4.67. The normalized spacial score (nSPS) is 13.8. The molecule has 0 atom stereocenters. The van der Waals surface area contributed by atoms with E-state index in [4.69, 9.17) is 14.3 Å². The van der Waals surface area contributed by atoms with E-state index in [1.807, 2.05) is 27.7 Å². The fourth-order valence-electron chi connectivity index (χ4n) is 1.54. The zero-order chi connectivity index (χ0) is 10.7. The van der Waals surface area contributed by atoms with E-state index in [9.17, 15) is 4.57 Å². The number of hydrogen-bond donors (Lipinski definition) is 2. The van der Waals surface area contributed by atoms with Crippen molar-refractivity contribution in [1.29, 1.82) is 0 Å². The molecular weight excluding hydrogens is 191 g/mol. The average Bonchev–Trinajstić information content (AvgIpc) is 1.98. The van der Waals surface area contributed by atoms with Gasteiger partial charge >= 0.3 is 7.82 Å². The molecule has 5 heteroatoms. The van der Waals surface area contributed by atoms with Crippen molar-refractivity contribution in [2.75, 3.05) is 0 Å². The van der Waals surface area contributed by atoms with Gasteiger partial charge < -0.3 is 9.79 Å². The van der Waals surface area contributed by atoms with Gasteiger partial charge in [0.1, 0.15) is 0 Å². The van der Waals surface area contributed by atoms with Crippen LogP contribution in [-0.2, 0) is 9.09 Å². The minimum absolute atomic E-state index is 0.0927. The Labute approximate surface area is 79.5 Å². The van der Waals surface area contributed by atoms with E-state index < -0.39 is 13.4 Å². The fourth-order valence-corrected chi connectivity index (χ4v) is 2.48. The Morgan fingerprint density at radius 3 is 1.77 bits per heavy atom. The molecule has 0 aliphatic rings. The van der Waals surface area contributed by atoms with Crippen LogP contribution in [0.2, 0.25) is 0 Å². The number of phosphoric acid groups is 1. The van der Waals surface area contributed by atoms with E-state index in [0.29, 0.717) is 12.8 Å². The van der Waals surface area contributed by atoms with Gasteiger partial charge in [-0.1, -0.05) is 27.7 Å². The van der Waals surface area contributed by atoms with E-state index in [0.717, 1.165) is 0 Å². The maximum absolute atomic E-state index is 10.7. The van der Waals surface area contributed by atoms with E-state index in [1.54, 1.807) is 0 Å². The number of phosphoric ester groups is 1. The predicted molar refractivity (Wildman–Crippen MR) is 51.3 cm³/mol. The van der Waals surface area contributed by atoms with Crippen LogP contribution in [0.5, 0.6) is 0 Å². The molecule has 0 amide bonds. The summed E-state index contributed by atoms with van der Waals surface area (Å²) in [6, 6.07) is 0. The van der Waals surface area contributed by atoms with Gasteiger partial charge in [-0.05, 0) is 18.8 Å². The lowest BCUT2D eigenvalue weighted by Gasteiger charge is -2.35. The van der Waals surface area contributed by atoms with Crippen molar-refractivity contribution in [3.8, 4) is 0 Å². The molecule has 80 valence electrons. The molecule has 0 aromatic rings. The summed E-state index contributed by atoms with van der Waals surface area (Å²) in [4.78, 5) is 17.5. The number of rotatable bonds is 5. The van der Waals surface area contributed by atoms with Crippen molar-refractivity contribution >= 4 is 7.82 Å². The van der Waals surface area contributed by atoms with E-state index in [-0.39, 0.29) is 5.92 Å². The Morgan fingerprint density at radius 1 is 1.31 bits per heavy atom. The van der Waals surface area contributed by atoms with Gasteiger partial charge in [-0.3, -0.25) is 4.52 Å². The highest BCUT2D eigenvalue weighted by Gasteiger charge is 2.37. The van der Waals surface area contributed by atoms with Crippen molar-refractivity contribution in [3.63, 3.8) is 0 Å². The smallest absolute Gasteiger partial charge is 0.303 e. The highest BCUT2D eigenvalue weighted by Crippen LogP contribution is 2.46. The molecule has 0 aromatic carbocycles. The topological polar surface area (TPSA) is 66.8 Å². The van der Waals surface area contributed by atoms with Crippen molar-refractivity contribution in [1.82, 2.24) is 0 Å². The molecule has 0 fully saturated rings. The third kappa shape index (κ3) is 3.77. The van der Waals surface area contributed by atoms with Gasteiger partial charge in [0.15, 0.2) is 0 Å². The first-order valence-electron chi connectivity index (χ1n) is 4.53. The van der Waals surface area contributed by atoms with Crippen LogP contribution < -0.4 is 0 Å². The fraction of sp³-hybridized carbons (Fsp3) is 1.00. The quantitative estimate of drug-likeness (QED) is 0.683. The highest BCUT2D eigenvalue weighted by molar-refractivity contribution is 7.46. The van der Waals surface area contributed by atoms with Gasteiger partial charge in [0.05, 0.1) is 5.60 Å². The highest BCUT2D eigenvalue weighted by atomic mass is 31.2. The molecule has 0 saturated carbocycles. The van der Waals surface area contributed by atoms with E-state index in [2.05, 4.69) is 0 Å². The molecule has 2 N–H and O–H groups in total. The van der Waals surface area contributed by atoms with Crippen LogP contribution in [0.25, 0.3) is 0 Å². The summed E-state index contributed by atoms with van der Waals surface area (Å²) in [7, 11) is -4.37. The van der Waals surface area contributed by atoms with Crippen molar-refractivity contribution in [2.24, 2.45) is 5.92 Å². The molecule has 0 spiro atoms. The van der Waals surface area contributed by atoms with Crippen LogP contribution in [0.15, 0.2) is 0 Å². The summed E-state index contributed by atoms with van der Waals surface area (Å²) in [5.41, 5.74) is -0.695. The molecule has 0 aromatic heterocycles. The van der Waals surface area contributed by atoms with Crippen molar-refractivity contribution in [3.05, 3.63) is 0 Å². The average molecular weight is 210 g/mol. The SMILES string of the molecule is CCC(CC)(OP(=O)(O)O)C(C)C. The first-order chi connectivity index (χ1) is 5.77. The lowest BCUT2D eigenvalue weighted by Crippen LogP contribution is -2.36.